The van der Waals surface area contributed by atoms with Crippen LogP contribution < -0.4 is 9.47 Å². The maximum absolute atomic E-state index is 12.1. The molecule has 1 heterocycles. The fourth-order valence-electron chi connectivity index (χ4n) is 1.79. The van der Waals surface area contributed by atoms with Crippen molar-refractivity contribution in [2.45, 2.75) is 12.5 Å². The van der Waals surface area contributed by atoms with Gasteiger partial charge in [-0.15, -0.1) is 0 Å². The lowest BCUT2D eigenvalue weighted by Gasteiger charge is -2.13. The number of esters is 1. The molecule has 2 rings (SSSR count). The molecule has 1 aliphatic heterocycles. The summed E-state index contributed by atoms with van der Waals surface area (Å²) in [6.45, 7) is 0. The lowest BCUT2D eigenvalue weighted by atomic mass is 10.2. The first-order valence-electron chi connectivity index (χ1n) is 5.75. The van der Waals surface area contributed by atoms with Gasteiger partial charge in [0.2, 0.25) is 0 Å². The Hall–Kier alpha value is -1.36. The van der Waals surface area contributed by atoms with Gasteiger partial charge in [0, 0.05) is 5.75 Å². The molecule has 0 saturated carbocycles. The van der Waals surface area contributed by atoms with Crippen molar-refractivity contribution in [3.8, 4) is 11.5 Å². The number of carbonyl (C=O) groups excluding carboxylic acids is 1. The van der Waals surface area contributed by atoms with Crippen LogP contribution in [0.25, 0.3) is 0 Å². The molecular formula is C13H16O4S. The van der Waals surface area contributed by atoms with Gasteiger partial charge in [0.05, 0.1) is 14.2 Å². The van der Waals surface area contributed by atoms with E-state index in [0.29, 0.717) is 17.1 Å². The van der Waals surface area contributed by atoms with Gasteiger partial charge < -0.3 is 14.2 Å². The summed E-state index contributed by atoms with van der Waals surface area (Å²) in [5.74, 6) is 2.69. The number of rotatable bonds is 4. The Kier molecular flexibility index (Phi) is 4.36. The third-order valence-corrected chi connectivity index (χ3v) is 3.92. The van der Waals surface area contributed by atoms with Crippen LogP contribution in [0.5, 0.6) is 11.5 Å². The highest BCUT2D eigenvalue weighted by Gasteiger charge is 2.23. The van der Waals surface area contributed by atoms with Crippen molar-refractivity contribution in [3.05, 3.63) is 23.8 Å². The van der Waals surface area contributed by atoms with Gasteiger partial charge in [0.15, 0.2) is 0 Å². The van der Waals surface area contributed by atoms with Gasteiger partial charge in [-0.05, 0) is 30.4 Å². The maximum Gasteiger partial charge on any atom is 0.342 e. The summed E-state index contributed by atoms with van der Waals surface area (Å²) in [4.78, 5) is 12.1. The molecule has 0 bridgehead atoms. The van der Waals surface area contributed by atoms with E-state index in [1.165, 1.54) is 7.11 Å². The van der Waals surface area contributed by atoms with Crippen molar-refractivity contribution in [1.29, 1.82) is 0 Å². The third kappa shape index (κ3) is 2.90. The molecule has 1 aromatic rings. The zero-order valence-corrected chi connectivity index (χ0v) is 11.3. The topological polar surface area (TPSA) is 44.8 Å². The van der Waals surface area contributed by atoms with Crippen molar-refractivity contribution >= 4 is 17.7 Å². The number of hydrogen-bond acceptors (Lipinski definition) is 5. The second-order valence-electron chi connectivity index (χ2n) is 3.96. The molecule has 1 aromatic carbocycles. The summed E-state index contributed by atoms with van der Waals surface area (Å²) >= 11 is 1.80. The molecule has 1 atom stereocenters. The summed E-state index contributed by atoms with van der Waals surface area (Å²) < 4.78 is 15.7. The minimum absolute atomic E-state index is 0.0124. The van der Waals surface area contributed by atoms with E-state index in [9.17, 15) is 4.79 Å². The molecule has 4 nitrogen and oxygen atoms in total. The van der Waals surface area contributed by atoms with Crippen molar-refractivity contribution in [1.82, 2.24) is 0 Å². The molecular weight excluding hydrogens is 252 g/mol. The molecule has 0 spiro atoms. The average molecular weight is 268 g/mol. The van der Waals surface area contributed by atoms with Gasteiger partial charge >= 0.3 is 5.97 Å². The summed E-state index contributed by atoms with van der Waals surface area (Å²) in [6, 6.07) is 5.10. The molecule has 18 heavy (non-hydrogen) atoms. The first-order chi connectivity index (χ1) is 8.74. The molecule has 0 amide bonds. The Morgan fingerprint density at radius 1 is 1.33 bits per heavy atom. The highest BCUT2D eigenvalue weighted by Crippen LogP contribution is 2.27. The largest absolute Gasteiger partial charge is 0.497 e. The number of hydrogen-bond donors (Lipinski definition) is 0. The molecule has 1 saturated heterocycles. The maximum atomic E-state index is 12.1. The van der Waals surface area contributed by atoms with Gasteiger partial charge in [-0.3, -0.25) is 0 Å². The number of benzene rings is 1. The first kappa shape index (κ1) is 13.1. The molecule has 1 fully saturated rings. The van der Waals surface area contributed by atoms with E-state index < -0.39 is 0 Å². The molecule has 1 unspecified atom stereocenters. The Labute approximate surface area is 111 Å². The predicted octanol–water partition coefficient (Wildman–Crippen LogP) is 2.37. The van der Waals surface area contributed by atoms with Gasteiger partial charge in [0.25, 0.3) is 0 Å². The second-order valence-corrected chi connectivity index (χ2v) is 5.11. The van der Waals surface area contributed by atoms with Crippen molar-refractivity contribution in [2.24, 2.45) is 0 Å². The lowest BCUT2D eigenvalue weighted by molar-refractivity contribution is 0.0353. The van der Waals surface area contributed by atoms with Crippen molar-refractivity contribution in [2.75, 3.05) is 25.7 Å². The fraction of sp³-hybridized carbons (Fsp3) is 0.462. The van der Waals surface area contributed by atoms with E-state index >= 15 is 0 Å². The van der Waals surface area contributed by atoms with Crippen LogP contribution in [0, 0.1) is 0 Å². The third-order valence-electron chi connectivity index (χ3n) is 2.79. The van der Waals surface area contributed by atoms with Gasteiger partial charge in [-0.25, -0.2) is 4.79 Å². The minimum Gasteiger partial charge on any atom is -0.497 e. The number of thioether (sulfide) groups is 1. The van der Waals surface area contributed by atoms with E-state index in [0.717, 1.165) is 17.9 Å². The Morgan fingerprint density at radius 2 is 2.17 bits per heavy atom. The van der Waals surface area contributed by atoms with Crippen molar-refractivity contribution < 1.29 is 19.0 Å². The fourth-order valence-corrected chi connectivity index (χ4v) is 2.89. The van der Waals surface area contributed by atoms with E-state index in [1.54, 1.807) is 37.1 Å². The summed E-state index contributed by atoms with van der Waals surface area (Å²) in [5, 5.41) is 0. The van der Waals surface area contributed by atoms with Gasteiger partial charge in [-0.1, -0.05) is 0 Å². The van der Waals surface area contributed by atoms with E-state index in [1.807, 2.05) is 0 Å². The van der Waals surface area contributed by atoms with Crippen LogP contribution >= 0.6 is 11.8 Å². The van der Waals surface area contributed by atoms with Crippen LogP contribution in [0.2, 0.25) is 0 Å². The van der Waals surface area contributed by atoms with Gasteiger partial charge in [0.1, 0.15) is 23.2 Å². The van der Waals surface area contributed by atoms with Crippen LogP contribution in [0.1, 0.15) is 16.8 Å². The van der Waals surface area contributed by atoms with E-state index in [2.05, 4.69) is 0 Å². The van der Waals surface area contributed by atoms with Crippen LogP contribution in [0.3, 0.4) is 0 Å². The standard InChI is InChI=1S/C13H16O4S/c1-15-9-3-4-12(16-2)11(7-9)13(14)17-10-5-6-18-8-10/h3-4,7,10H,5-6,8H2,1-2H3. The molecule has 0 N–H and O–H groups in total. The molecule has 5 heteroatoms. The normalized spacial score (nSPS) is 18.4. The first-order valence-corrected chi connectivity index (χ1v) is 6.91. The van der Waals surface area contributed by atoms with Crippen LogP contribution in [0.4, 0.5) is 0 Å². The quantitative estimate of drug-likeness (QED) is 0.784. The Morgan fingerprint density at radius 3 is 2.78 bits per heavy atom. The molecule has 98 valence electrons. The van der Waals surface area contributed by atoms with Crippen LogP contribution in [-0.2, 0) is 4.74 Å². The zero-order valence-electron chi connectivity index (χ0n) is 10.5. The highest BCUT2D eigenvalue weighted by molar-refractivity contribution is 7.99. The molecule has 1 aliphatic rings. The summed E-state index contributed by atoms with van der Waals surface area (Å²) in [5.41, 5.74) is 0.411. The van der Waals surface area contributed by atoms with E-state index in [-0.39, 0.29) is 12.1 Å². The zero-order chi connectivity index (χ0) is 13.0. The van der Waals surface area contributed by atoms with Gasteiger partial charge in [-0.2, -0.15) is 11.8 Å². The summed E-state index contributed by atoms with van der Waals surface area (Å²) in [7, 11) is 3.09. The SMILES string of the molecule is COc1ccc(OC)c(C(=O)OC2CCSC2)c1. The van der Waals surface area contributed by atoms with Crippen LogP contribution in [0.15, 0.2) is 18.2 Å². The average Bonchev–Trinajstić information content (AvgIpc) is 2.90. The number of carbonyl (C=O) groups is 1. The lowest BCUT2D eigenvalue weighted by Crippen LogP contribution is -2.18. The van der Waals surface area contributed by atoms with E-state index in [4.69, 9.17) is 14.2 Å². The predicted molar refractivity (Wildman–Crippen MR) is 70.7 cm³/mol. The number of ether oxygens (including phenoxy) is 3. The molecule has 0 aromatic heterocycles. The molecule has 0 aliphatic carbocycles. The molecule has 0 radical (unpaired) electrons. The highest BCUT2D eigenvalue weighted by atomic mass is 32.2. The van der Waals surface area contributed by atoms with Crippen LogP contribution in [-0.4, -0.2) is 37.8 Å². The number of methoxy groups -OCH3 is 2. The monoisotopic (exact) mass is 268 g/mol. The second kappa shape index (κ2) is 6.00. The minimum atomic E-state index is -0.349. The summed E-state index contributed by atoms with van der Waals surface area (Å²) in [6.07, 6.45) is 0.932. The smallest absolute Gasteiger partial charge is 0.342 e. The Balaban J connectivity index is 2.16. The Bertz CT molecular complexity index is 427. The van der Waals surface area contributed by atoms with Crippen molar-refractivity contribution in [3.63, 3.8) is 0 Å².